The maximum Gasteiger partial charge on any atom is 0.00761 e. The van der Waals surface area contributed by atoms with E-state index in [0.717, 1.165) is 6.42 Å². The van der Waals surface area contributed by atoms with Crippen LogP contribution in [0.25, 0.3) is 0 Å². The first-order valence-electron chi connectivity index (χ1n) is 5.04. The predicted molar refractivity (Wildman–Crippen MR) is 50.8 cm³/mol. The number of nitrogens with one attached hydrogen (secondary N) is 1. The van der Waals surface area contributed by atoms with Crippen LogP contribution in [0, 0.1) is 0 Å². The zero-order chi connectivity index (χ0) is 10.1. The van der Waals surface area contributed by atoms with E-state index in [2.05, 4.69) is 36.5 Å². The van der Waals surface area contributed by atoms with Crippen LogP contribution >= 0.6 is 0 Å². The van der Waals surface area contributed by atoms with E-state index in [-0.39, 0.29) is 0 Å². The zero-order valence-corrected chi connectivity index (χ0v) is 7.17. The van der Waals surface area contributed by atoms with Crippen LogP contribution in [0.5, 0.6) is 0 Å². The Morgan fingerprint density at radius 2 is 2.09 bits per heavy atom. The second-order valence-corrected chi connectivity index (χ2v) is 2.88. The normalized spacial score (nSPS) is 13.6. The van der Waals surface area contributed by atoms with Gasteiger partial charge >= 0.3 is 0 Å². The molecule has 0 aliphatic rings. The molecule has 0 fully saturated rings. The van der Waals surface area contributed by atoms with Crippen LogP contribution in [0.3, 0.4) is 0 Å². The number of benzene rings is 1. The Balaban J connectivity index is 0.000000671. The lowest BCUT2D eigenvalue weighted by Gasteiger charge is -2.08. The number of hydrogen-bond donors (Lipinski definition) is 1. The van der Waals surface area contributed by atoms with Gasteiger partial charge in [0.25, 0.3) is 0 Å². The van der Waals surface area contributed by atoms with Crippen molar-refractivity contribution in [2.24, 2.45) is 0 Å². The minimum Gasteiger partial charge on any atom is -0.317 e. The first-order chi connectivity index (χ1) is 6.33. The van der Waals surface area contributed by atoms with E-state index in [9.17, 15) is 0 Å². The molecule has 0 heterocycles. The first kappa shape index (κ1) is 6.86. The Labute approximate surface area is 71.5 Å². The average Bonchev–Trinajstić information content (AvgIpc) is 2.22. The number of likely N-dealkylation sites (N-methyl/N-ethyl adjacent to an activating group) is 1. The summed E-state index contributed by atoms with van der Waals surface area (Å²) in [6.45, 7) is 2.19. The van der Waals surface area contributed by atoms with Gasteiger partial charge in [-0.25, -0.2) is 0 Å². The van der Waals surface area contributed by atoms with Crippen molar-refractivity contribution in [3.63, 3.8) is 0 Å². The van der Waals surface area contributed by atoms with Crippen molar-refractivity contribution in [3.05, 3.63) is 35.9 Å². The Morgan fingerprint density at radius 3 is 2.64 bits per heavy atom. The first-order valence-corrected chi connectivity index (χ1v) is 4.04. The van der Waals surface area contributed by atoms with Crippen LogP contribution in [0.2, 0.25) is 0 Å². The summed E-state index contributed by atoms with van der Waals surface area (Å²) in [5.41, 5.74) is 1.40. The van der Waals surface area contributed by atoms with E-state index in [1.165, 1.54) is 5.56 Å². The topological polar surface area (TPSA) is 12.0 Å². The third-order valence-corrected chi connectivity index (χ3v) is 1.88. The van der Waals surface area contributed by atoms with Gasteiger partial charge in [-0.3, -0.25) is 0 Å². The average molecular weight is 155 g/mol. The highest BCUT2D eigenvalue weighted by atomic mass is 14.8. The van der Waals surface area contributed by atoms with Crippen LogP contribution < -0.4 is 5.32 Å². The Morgan fingerprint density at radius 1 is 1.45 bits per heavy atom. The van der Waals surface area contributed by atoms with Crippen LogP contribution in [0.4, 0.5) is 0 Å². The summed E-state index contributed by atoms with van der Waals surface area (Å²) in [7, 11) is 1.99. The minimum absolute atomic E-state index is 0.567. The van der Waals surface area contributed by atoms with Gasteiger partial charge in [0.05, 0.1) is 0 Å². The van der Waals surface area contributed by atoms with E-state index in [1.54, 1.807) is 0 Å². The molecular weight excluding hydrogens is 134 g/mol. The van der Waals surface area contributed by atoms with Crippen molar-refractivity contribution in [3.8, 4) is 0 Å². The van der Waals surface area contributed by atoms with Crippen LogP contribution in [-0.2, 0) is 6.42 Å². The smallest absolute Gasteiger partial charge is 0.00761 e. The standard InChI is InChI=1S/C10H15N.H2/c1-9(11-2)8-10-6-4-3-5-7-10;/h3-7,9,11H,8H2,1-2H3;1H/t9-;/m0./s1/i;1+2T. The third-order valence-electron chi connectivity index (χ3n) is 1.88. The molecular formula is C10H17N. The maximum absolute atomic E-state index is 5.00. The van der Waals surface area contributed by atoms with Gasteiger partial charge in [-0.05, 0) is 26.0 Å². The summed E-state index contributed by atoms with van der Waals surface area (Å²) in [6.07, 6.45) is 1.11. The van der Waals surface area contributed by atoms with E-state index in [1.807, 2.05) is 13.1 Å². The van der Waals surface area contributed by atoms with Crippen LogP contribution in [-0.4, -0.2) is 13.1 Å². The molecule has 1 aromatic rings. The second-order valence-electron chi connectivity index (χ2n) is 2.88. The quantitative estimate of drug-likeness (QED) is 0.704. The third kappa shape index (κ3) is 2.72. The molecule has 1 aromatic carbocycles. The van der Waals surface area contributed by atoms with Gasteiger partial charge < -0.3 is 5.32 Å². The van der Waals surface area contributed by atoms with Crippen molar-refractivity contribution in [1.82, 2.24) is 5.32 Å². The van der Waals surface area contributed by atoms with E-state index in [0.29, 0.717) is 6.04 Å². The largest absolute Gasteiger partial charge is 0.317 e. The molecule has 0 aliphatic heterocycles. The van der Waals surface area contributed by atoms with Gasteiger partial charge in [0.15, 0.2) is 0 Å². The molecule has 1 nitrogen and oxygen atoms in total. The van der Waals surface area contributed by atoms with Crippen molar-refractivity contribution in [2.75, 3.05) is 7.05 Å². The van der Waals surface area contributed by atoms with Gasteiger partial charge in [0, 0.05) is 9.01 Å². The molecule has 1 N–H and O–H groups in total. The molecule has 0 unspecified atom stereocenters. The van der Waals surface area contributed by atoms with Crippen LogP contribution in [0.1, 0.15) is 15.5 Å². The van der Waals surface area contributed by atoms with Gasteiger partial charge in [-0.2, -0.15) is 0 Å². The molecule has 1 heteroatoms. The highest BCUT2D eigenvalue weighted by Crippen LogP contribution is 2.01. The lowest BCUT2D eigenvalue weighted by Crippen LogP contribution is -2.23. The summed E-state index contributed by atoms with van der Waals surface area (Å²) >= 11 is 0. The fraction of sp³-hybridized carbons (Fsp3) is 0.400. The highest BCUT2D eigenvalue weighted by molar-refractivity contribution is 5.15. The summed E-state index contributed by atoms with van der Waals surface area (Å²) < 4.78 is 10.0. The van der Waals surface area contributed by atoms with Crippen molar-refractivity contribution in [2.45, 2.75) is 19.4 Å². The zero-order valence-electron chi connectivity index (χ0n) is 9.17. The van der Waals surface area contributed by atoms with E-state index in [4.69, 9.17) is 2.97 Å². The molecule has 0 aliphatic carbocycles. The monoisotopic (exact) mass is 155 g/mol. The predicted octanol–water partition coefficient (Wildman–Crippen LogP) is 2.08. The molecule has 0 radical (unpaired) electrons. The Kier molecular flexibility index (Phi) is 2.58. The molecule has 1 rings (SSSR count). The number of rotatable bonds is 3. The van der Waals surface area contributed by atoms with Gasteiger partial charge in [-0.15, -0.1) is 0 Å². The van der Waals surface area contributed by atoms with Crippen molar-refractivity contribution in [1.29, 1.82) is 0 Å². The SMILES string of the molecule is CN[C@@H](C)Cc1ccccc1.[3H][3H]. The molecule has 0 amide bonds. The lowest BCUT2D eigenvalue weighted by atomic mass is 10.1. The van der Waals surface area contributed by atoms with Gasteiger partial charge in [-0.1, -0.05) is 30.3 Å². The molecule has 11 heavy (non-hydrogen) atoms. The molecule has 0 aromatic heterocycles. The maximum atomic E-state index is 5.00. The Hall–Kier alpha value is -0.820. The van der Waals surface area contributed by atoms with Gasteiger partial charge in [0.2, 0.25) is 0 Å². The summed E-state index contributed by atoms with van der Waals surface area (Å²) in [4.78, 5) is 0. The lowest BCUT2D eigenvalue weighted by molar-refractivity contribution is 0.608. The molecule has 62 valence electrons. The molecule has 0 spiro atoms. The van der Waals surface area contributed by atoms with Crippen molar-refractivity contribution < 1.29 is 2.97 Å². The fourth-order valence-electron chi connectivity index (χ4n) is 1.07. The molecule has 1 atom stereocenters. The molecule has 0 saturated heterocycles. The summed E-state index contributed by atoms with van der Waals surface area (Å²) in [5, 5.41) is 3.21. The van der Waals surface area contributed by atoms with Crippen molar-refractivity contribution >= 4 is 0 Å². The highest BCUT2D eigenvalue weighted by Gasteiger charge is 1.97. The van der Waals surface area contributed by atoms with E-state index >= 15 is 0 Å². The number of hydrogen-bond acceptors (Lipinski definition) is 1. The van der Waals surface area contributed by atoms with Gasteiger partial charge in [0.1, 0.15) is 0 Å². The Bertz CT molecular complexity index is 201. The van der Waals surface area contributed by atoms with Crippen LogP contribution in [0.15, 0.2) is 30.3 Å². The second kappa shape index (κ2) is 4.14. The summed E-state index contributed by atoms with van der Waals surface area (Å²) in [5.74, 6) is 0. The molecule has 0 saturated carbocycles. The van der Waals surface area contributed by atoms with E-state index < -0.39 is 0 Å². The summed E-state index contributed by atoms with van der Waals surface area (Å²) in [6, 6.07) is 11.1. The minimum atomic E-state index is 0.567. The molecule has 0 bridgehead atoms. The fourth-order valence-corrected chi connectivity index (χ4v) is 1.07.